The second kappa shape index (κ2) is 11.7. The topological polar surface area (TPSA) is 9.23 Å². The molecule has 0 bridgehead atoms. The summed E-state index contributed by atoms with van der Waals surface area (Å²) in [5.41, 5.74) is 0. The zero-order valence-electron chi connectivity index (χ0n) is 8.11. The highest BCUT2D eigenvalue weighted by Crippen LogP contribution is 1.95. The van der Waals surface area contributed by atoms with Crippen LogP contribution in [0.4, 0.5) is 0 Å². The van der Waals surface area contributed by atoms with Gasteiger partial charge in [0.05, 0.1) is 6.10 Å². The van der Waals surface area contributed by atoms with Crippen molar-refractivity contribution in [2.24, 2.45) is 0 Å². The van der Waals surface area contributed by atoms with Crippen LogP contribution in [0.1, 0.15) is 47.5 Å². The minimum Gasteiger partial charge on any atom is -0.379 e. The summed E-state index contributed by atoms with van der Waals surface area (Å²) in [7, 11) is 0. The van der Waals surface area contributed by atoms with E-state index in [1.54, 1.807) is 0 Å². The Morgan fingerprint density at radius 2 is 1.70 bits per heavy atom. The van der Waals surface area contributed by atoms with Crippen LogP contribution in [0, 0.1) is 0 Å². The molecule has 0 aromatic rings. The molecule has 0 N–H and O–H groups in total. The van der Waals surface area contributed by atoms with Crippen LogP contribution >= 0.6 is 0 Å². The number of ether oxygens (including phenoxy) is 1. The first kappa shape index (κ1) is 12.6. The van der Waals surface area contributed by atoms with Crippen molar-refractivity contribution in [3.8, 4) is 0 Å². The molecule has 0 aromatic carbocycles. The number of hydrogen-bond acceptors (Lipinski definition) is 1. The predicted octanol–water partition coefficient (Wildman–Crippen LogP) is 3.24. The lowest BCUT2D eigenvalue weighted by atomic mass is 10.3. The molecule has 0 fully saturated rings. The van der Waals surface area contributed by atoms with Crippen molar-refractivity contribution in [2.75, 3.05) is 6.61 Å². The Hall–Kier alpha value is -0.0400. The molecule has 0 heterocycles. The Morgan fingerprint density at radius 1 is 1.20 bits per heavy atom. The largest absolute Gasteiger partial charge is 0.379 e. The summed E-state index contributed by atoms with van der Waals surface area (Å²) in [6.45, 7) is 11.3. The zero-order valence-corrected chi connectivity index (χ0v) is 8.11. The van der Waals surface area contributed by atoms with E-state index >= 15 is 0 Å². The fourth-order valence-electron chi connectivity index (χ4n) is 0.437. The third kappa shape index (κ3) is 10.9. The van der Waals surface area contributed by atoms with E-state index in [0.29, 0.717) is 6.10 Å². The summed E-state index contributed by atoms with van der Waals surface area (Å²) < 4.78 is 5.34. The van der Waals surface area contributed by atoms with Gasteiger partial charge in [-0.15, -0.1) is 0 Å². The van der Waals surface area contributed by atoms with Crippen LogP contribution < -0.4 is 0 Å². The van der Waals surface area contributed by atoms with Gasteiger partial charge in [0, 0.05) is 6.61 Å². The van der Waals surface area contributed by atoms with Gasteiger partial charge in [-0.3, -0.25) is 0 Å². The normalized spacial score (nSPS) is 11.7. The van der Waals surface area contributed by atoms with Gasteiger partial charge in [-0.25, -0.2) is 0 Å². The van der Waals surface area contributed by atoms with Gasteiger partial charge >= 0.3 is 0 Å². The summed E-state index contributed by atoms with van der Waals surface area (Å²) in [6.07, 6.45) is 2.71. The maximum atomic E-state index is 5.34. The van der Waals surface area contributed by atoms with Gasteiger partial charge in [0.2, 0.25) is 0 Å². The van der Waals surface area contributed by atoms with E-state index < -0.39 is 0 Å². The summed E-state index contributed by atoms with van der Waals surface area (Å²) in [4.78, 5) is 0. The lowest BCUT2D eigenvalue weighted by molar-refractivity contribution is 0.0642. The monoisotopic (exact) mass is 146 g/mol. The van der Waals surface area contributed by atoms with Crippen LogP contribution in [-0.4, -0.2) is 12.7 Å². The zero-order chi connectivity index (χ0) is 8.41. The van der Waals surface area contributed by atoms with Gasteiger partial charge in [-0.1, -0.05) is 27.7 Å². The molecule has 1 nitrogen and oxygen atoms in total. The molecule has 0 saturated heterocycles. The fraction of sp³-hybridized carbons (Fsp3) is 1.00. The maximum absolute atomic E-state index is 5.34. The molecule has 0 aromatic heterocycles. The van der Waals surface area contributed by atoms with E-state index in [0.717, 1.165) is 19.4 Å². The minimum absolute atomic E-state index is 0.454. The van der Waals surface area contributed by atoms with Gasteiger partial charge in [0.1, 0.15) is 0 Å². The van der Waals surface area contributed by atoms with Crippen LogP contribution in [0.5, 0.6) is 0 Å². The highest BCUT2D eigenvalue weighted by Gasteiger charge is 1.93. The molecule has 0 radical (unpaired) electrons. The Balaban J connectivity index is 0. The van der Waals surface area contributed by atoms with E-state index in [4.69, 9.17) is 4.74 Å². The SMILES string of the molecule is CC.CCCOC(C)CC. The van der Waals surface area contributed by atoms with Gasteiger partial charge in [-0.05, 0) is 19.8 Å². The predicted molar refractivity (Wildman–Crippen MR) is 47.3 cm³/mol. The Kier molecular flexibility index (Phi) is 14.8. The molecule has 0 rings (SSSR count). The molecule has 0 aliphatic heterocycles. The van der Waals surface area contributed by atoms with Gasteiger partial charge in [0.15, 0.2) is 0 Å². The molecule has 1 atom stereocenters. The van der Waals surface area contributed by atoms with Crippen molar-refractivity contribution in [1.29, 1.82) is 0 Å². The Labute approximate surface area is 65.8 Å². The first-order valence-corrected chi connectivity index (χ1v) is 4.42. The standard InChI is InChI=1S/C7H16O.C2H6/c1-4-6-8-7(3)5-2;1-2/h7H,4-6H2,1-3H3;1-2H3. The van der Waals surface area contributed by atoms with Gasteiger partial charge in [0.25, 0.3) is 0 Å². The highest BCUT2D eigenvalue weighted by atomic mass is 16.5. The van der Waals surface area contributed by atoms with Gasteiger partial charge < -0.3 is 4.74 Å². The molecular weight excluding hydrogens is 124 g/mol. The van der Waals surface area contributed by atoms with Crippen LogP contribution in [-0.2, 0) is 4.74 Å². The molecule has 0 aliphatic rings. The first-order chi connectivity index (χ1) is 4.81. The second-order valence-corrected chi connectivity index (χ2v) is 2.09. The average Bonchev–Trinajstić information content (AvgIpc) is 2.04. The van der Waals surface area contributed by atoms with E-state index in [2.05, 4.69) is 20.8 Å². The third-order valence-corrected chi connectivity index (χ3v) is 1.18. The molecule has 0 aliphatic carbocycles. The molecule has 0 saturated carbocycles. The van der Waals surface area contributed by atoms with E-state index in [9.17, 15) is 0 Å². The number of rotatable bonds is 4. The van der Waals surface area contributed by atoms with Crippen LogP contribution in [0.15, 0.2) is 0 Å². The lowest BCUT2D eigenvalue weighted by Gasteiger charge is -2.07. The minimum atomic E-state index is 0.454. The fourth-order valence-corrected chi connectivity index (χ4v) is 0.437. The summed E-state index contributed by atoms with van der Waals surface area (Å²) in [5.74, 6) is 0. The quantitative estimate of drug-likeness (QED) is 0.591. The van der Waals surface area contributed by atoms with Crippen LogP contribution in [0.3, 0.4) is 0 Å². The lowest BCUT2D eigenvalue weighted by Crippen LogP contribution is -2.06. The molecule has 64 valence electrons. The van der Waals surface area contributed by atoms with Crippen molar-refractivity contribution in [3.63, 3.8) is 0 Å². The smallest absolute Gasteiger partial charge is 0.0544 e. The molecular formula is C9H22O. The van der Waals surface area contributed by atoms with Crippen molar-refractivity contribution >= 4 is 0 Å². The number of hydrogen-bond donors (Lipinski definition) is 0. The Bertz CT molecular complexity index is 44.0. The van der Waals surface area contributed by atoms with Gasteiger partial charge in [-0.2, -0.15) is 0 Å². The van der Waals surface area contributed by atoms with E-state index in [-0.39, 0.29) is 0 Å². The van der Waals surface area contributed by atoms with Crippen molar-refractivity contribution in [3.05, 3.63) is 0 Å². The third-order valence-electron chi connectivity index (χ3n) is 1.18. The van der Waals surface area contributed by atoms with E-state index in [1.807, 2.05) is 13.8 Å². The van der Waals surface area contributed by atoms with Crippen molar-refractivity contribution < 1.29 is 4.74 Å². The molecule has 10 heavy (non-hydrogen) atoms. The summed E-state index contributed by atoms with van der Waals surface area (Å²) in [5, 5.41) is 0. The molecule has 1 unspecified atom stereocenters. The van der Waals surface area contributed by atoms with Crippen LogP contribution in [0.2, 0.25) is 0 Å². The van der Waals surface area contributed by atoms with Crippen molar-refractivity contribution in [1.82, 2.24) is 0 Å². The summed E-state index contributed by atoms with van der Waals surface area (Å²) >= 11 is 0. The highest BCUT2D eigenvalue weighted by molar-refractivity contribution is 4.42. The summed E-state index contributed by atoms with van der Waals surface area (Å²) in [6, 6.07) is 0. The second-order valence-electron chi connectivity index (χ2n) is 2.09. The van der Waals surface area contributed by atoms with Crippen molar-refractivity contribution in [2.45, 2.75) is 53.6 Å². The molecule has 1 heteroatoms. The van der Waals surface area contributed by atoms with E-state index in [1.165, 1.54) is 0 Å². The van der Waals surface area contributed by atoms with Crippen LogP contribution in [0.25, 0.3) is 0 Å². The average molecular weight is 146 g/mol. The molecule has 0 spiro atoms. The molecule has 0 amide bonds. The first-order valence-electron chi connectivity index (χ1n) is 4.42. The maximum Gasteiger partial charge on any atom is 0.0544 e. The Morgan fingerprint density at radius 3 is 2.00 bits per heavy atom.